The molecule has 2 N–H and O–H groups in total. The van der Waals surface area contributed by atoms with E-state index in [0.717, 1.165) is 6.42 Å². The van der Waals surface area contributed by atoms with Crippen molar-refractivity contribution in [3.63, 3.8) is 0 Å². The fourth-order valence-electron chi connectivity index (χ4n) is 1.87. The highest BCUT2D eigenvalue weighted by Crippen LogP contribution is 2.10. The molecule has 0 aromatic heterocycles. The van der Waals surface area contributed by atoms with Gasteiger partial charge in [0.15, 0.2) is 0 Å². The molecule has 0 saturated heterocycles. The minimum atomic E-state index is -0.561. The second-order valence-electron chi connectivity index (χ2n) is 4.25. The van der Waals surface area contributed by atoms with Crippen LogP contribution in [0.5, 0.6) is 0 Å². The number of hydrogen-bond acceptors (Lipinski definition) is 3. The average Bonchev–Trinajstić information content (AvgIpc) is 2.39. The van der Waals surface area contributed by atoms with Crippen molar-refractivity contribution in [2.75, 3.05) is 6.54 Å². The smallest absolute Gasteiger partial charge is 0.109 e. The monoisotopic (exact) mass is 237 g/mol. The van der Waals surface area contributed by atoms with Crippen molar-refractivity contribution in [1.82, 2.24) is 4.90 Å². The molecule has 0 spiro atoms. The van der Waals surface area contributed by atoms with Crippen LogP contribution >= 0.6 is 0 Å². The Morgan fingerprint density at radius 3 is 2.00 bits per heavy atom. The van der Waals surface area contributed by atoms with Gasteiger partial charge in [-0.1, -0.05) is 44.2 Å². The summed E-state index contributed by atoms with van der Waals surface area (Å²) in [7, 11) is 0. The van der Waals surface area contributed by atoms with E-state index in [0.29, 0.717) is 19.4 Å². The standard InChI is InChI=1S/C14H23NO2/c1-3-13(16)15(14(17)4-2)11-10-12-8-6-5-7-9-12/h5-9,13-14,16-17H,3-4,10-11H2,1-2H3. The Morgan fingerprint density at radius 1 is 1.00 bits per heavy atom. The molecule has 17 heavy (non-hydrogen) atoms. The fraction of sp³-hybridized carbons (Fsp3) is 0.571. The molecule has 0 amide bonds. The van der Waals surface area contributed by atoms with E-state index in [4.69, 9.17) is 0 Å². The molecule has 0 fully saturated rings. The van der Waals surface area contributed by atoms with Crippen molar-refractivity contribution in [3.8, 4) is 0 Å². The second kappa shape index (κ2) is 7.43. The molecule has 0 bridgehead atoms. The molecule has 0 radical (unpaired) electrons. The number of benzene rings is 1. The molecule has 0 aliphatic carbocycles. The van der Waals surface area contributed by atoms with Crippen LogP contribution < -0.4 is 0 Å². The van der Waals surface area contributed by atoms with Gasteiger partial charge in [0.25, 0.3) is 0 Å². The molecular formula is C14H23NO2. The van der Waals surface area contributed by atoms with Crippen LogP contribution in [-0.2, 0) is 6.42 Å². The molecule has 1 rings (SSSR count). The van der Waals surface area contributed by atoms with E-state index in [-0.39, 0.29) is 0 Å². The lowest BCUT2D eigenvalue weighted by atomic mass is 10.1. The lowest BCUT2D eigenvalue weighted by Gasteiger charge is -2.31. The first-order valence-corrected chi connectivity index (χ1v) is 6.34. The number of rotatable bonds is 7. The van der Waals surface area contributed by atoms with Gasteiger partial charge in [-0.25, -0.2) is 0 Å². The maximum atomic E-state index is 9.86. The SMILES string of the molecule is CCC(O)N(CCc1ccccc1)C(O)CC. The Labute approximate surface area is 104 Å². The van der Waals surface area contributed by atoms with Gasteiger partial charge < -0.3 is 10.2 Å². The lowest BCUT2D eigenvalue weighted by molar-refractivity contribution is -0.103. The number of hydrogen-bond donors (Lipinski definition) is 2. The number of aliphatic hydroxyl groups is 2. The van der Waals surface area contributed by atoms with E-state index in [1.807, 2.05) is 32.0 Å². The summed E-state index contributed by atoms with van der Waals surface area (Å²) >= 11 is 0. The van der Waals surface area contributed by atoms with E-state index in [1.165, 1.54) is 5.56 Å². The van der Waals surface area contributed by atoms with E-state index < -0.39 is 12.5 Å². The second-order valence-corrected chi connectivity index (χ2v) is 4.25. The Hall–Kier alpha value is -0.900. The van der Waals surface area contributed by atoms with Crippen LogP contribution in [0.1, 0.15) is 32.3 Å². The number of aliphatic hydroxyl groups excluding tert-OH is 2. The summed E-state index contributed by atoms with van der Waals surface area (Å²) in [4.78, 5) is 1.76. The van der Waals surface area contributed by atoms with Gasteiger partial charge >= 0.3 is 0 Å². The van der Waals surface area contributed by atoms with Gasteiger partial charge in [-0.2, -0.15) is 0 Å². The maximum absolute atomic E-state index is 9.86. The van der Waals surface area contributed by atoms with Gasteiger partial charge in [-0.15, -0.1) is 0 Å². The molecule has 0 aliphatic heterocycles. The van der Waals surface area contributed by atoms with Crippen molar-refractivity contribution in [1.29, 1.82) is 0 Å². The molecular weight excluding hydrogens is 214 g/mol. The van der Waals surface area contributed by atoms with Crippen LogP contribution in [0.25, 0.3) is 0 Å². The van der Waals surface area contributed by atoms with Gasteiger partial charge in [0.05, 0.1) is 0 Å². The van der Waals surface area contributed by atoms with E-state index in [1.54, 1.807) is 4.90 Å². The first kappa shape index (κ1) is 14.2. The third-order valence-electron chi connectivity index (χ3n) is 3.00. The van der Waals surface area contributed by atoms with Crippen LogP contribution in [0.4, 0.5) is 0 Å². The van der Waals surface area contributed by atoms with Crippen molar-refractivity contribution >= 4 is 0 Å². The molecule has 96 valence electrons. The van der Waals surface area contributed by atoms with Gasteiger partial charge in [-0.3, -0.25) is 4.90 Å². The summed E-state index contributed by atoms with van der Waals surface area (Å²) in [6.07, 6.45) is 0.981. The summed E-state index contributed by atoms with van der Waals surface area (Å²) in [6, 6.07) is 10.1. The van der Waals surface area contributed by atoms with Gasteiger partial charge in [-0.05, 0) is 24.8 Å². The molecule has 3 nitrogen and oxygen atoms in total. The third-order valence-corrected chi connectivity index (χ3v) is 3.00. The first-order valence-electron chi connectivity index (χ1n) is 6.34. The summed E-state index contributed by atoms with van der Waals surface area (Å²) < 4.78 is 0. The Bertz CT molecular complexity index is 292. The normalized spacial score (nSPS) is 14.9. The van der Waals surface area contributed by atoms with Crippen LogP contribution in [-0.4, -0.2) is 34.1 Å². The minimum Gasteiger partial charge on any atom is -0.378 e. The quantitative estimate of drug-likeness (QED) is 0.713. The molecule has 3 heteroatoms. The number of nitrogens with zero attached hydrogens (tertiary/aromatic N) is 1. The zero-order valence-electron chi connectivity index (χ0n) is 10.7. The minimum absolute atomic E-state index is 0.561. The van der Waals surface area contributed by atoms with Gasteiger partial charge in [0.1, 0.15) is 12.5 Å². The average molecular weight is 237 g/mol. The Morgan fingerprint density at radius 2 is 1.53 bits per heavy atom. The Balaban J connectivity index is 2.55. The summed E-state index contributed by atoms with van der Waals surface area (Å²) in [5, 5.41) is 19.7. The third kappa shape index (κ3) is 4.46. The highest BCUT2D eigenvalue weighted by Gasteiger charge is 2.19. The van der Waals surface area contributed by atoms with Gasteiger partial charge in [0.2, 0.25) is 0 Å². The van der Waals surface area contributed by atoms with Crippen molar-refractivity contribution in [2.45, 2.75) is 45.6 Å². The van der Waals surface area contributed by atoms with Crippen molar-refractivity contribution in [3.05, 3.63) is 35.9 Å². The van der Waals surface area contributed by atoms with Crippen LogP contribution in [0.2, 0.25) is 0 Å². The fourth-order valence-corrected chi connectivity index (χ4v) is 1.87. The van der Waals surface area contributed by atoms with Crippen LogP contribution in [0, 0.1) is 0 Å². The predicted octanol–water partition coefficient (Wildman–Crippen LogP) is 1.99. The zero-order valence-corrected chi connectivity index (χ0v) is 10.7. The highest BCUT2D eigenvalue weighted by atomic mass is 16.3. The van der Waals surface area contributed by atoms with Crippen molar-refractivity contribution in [2.24, 2.45) is 0 Å². The Kier molecular flexibility index (Phi) is 6.19. The lowest BCUT2D eigenvalue weighted by Crippen LogP contribution is -2.43. The van der Waals surface area contributed by atoms with Crippen LogP contribution in [0.15, 0.2) is 30.3 Å². The van der Waals surface area contributed by atoms with Crippen LogP contribution in [0.3, 0.4) is 0 Å². The van der Waals surface area contributed by atoms with E-state index >= 15 is 0 Å². The molecule has 1 aromatic rings. The maximum Gasteiger partial charge on any atom is 0.109 e. The van der Waals surface area contributed by atoms with Crippen molar-refractivity contribution < 1.29 is 10.2 Å². The van der Waals surface area contributed by atoms with E-state index in [2.05, 4.69) is 12.1 Å². The summed E-state index contributed by atoms with van der Waals surface area (Å²) in [5.41, 5.74) is 1.23. The molecule has 0 saturated carbocycles. The van der Waals surface area contributed by atoms with E-state index in [9.17, 15) is 10.2 Å². The van der Waals surface area contributed by atoms with Gasteiger partial charge in [0, 0.05) is 6.54 Å². The summed E-state index contributed by atoms with van der Waals surface area (Å²) in [5.74, 6) is 0. The molecule has 2 unspecified atom stereocenters. The topological polar surface area (TPSA) is 43.7 Å². The first-order chi connectivity index (χ1) is 8.19. The highest BCUT2D eigenvalue weighted by molar-refractivity contribution is 5.14. The predicted molar refractivity (Wildman–Crippen MR) is 69.4 cm³/mol. The molecule has 2 atom stereocenters. The molecule has 1 aromatic carbocycles. The molecule has 0 heterocycles. The summed E-state index contributed by atoms with van der Waals surface area (Å²) in [6.45, 7) is 4.51. The zero-order chi connectivity index (χ0) is 12.7. The largest absolute Gasteiger partial charge is 0.378 e. The molecule has 0 aliphatic rings.